The highest BCUT2D eigenvalue weighted by atomic mass is 19.1. The molecule has 1 atom stereocenters. The zero-order valence-electron chi connectivity index (χ0n) is 15.8. The molecular formula is C21H22FN5O. The van der Waals surface area contributed by atoms with Crippen molar-refractivity contribution in [3.05, 3.63) is 77.2 Å². The lowest BCUT2D eigenvalue weighted by Crippen LogP contribution is -2.49. The summed E-state index contributed by atoms with van der Waals surface area (Å²) in [7, 11) is 0. The van der Waals surface area contributed by atoms with Crippen molar-refractivity contribution in [2.75, 3.05) is 6.61 Å². The largest absolute Gasteiger partial charge is 0.478 e. The van der Waals surface area contributed by atoms with Crippen molar-refractivity contribution < 1.29 is 9.13 Å². The molecule has 144 valence electrons. The predicted molar refractivity (Wildman–Crippen MR) is 106 cm³/mol. The summed E-state index contributed by atoms with van der Waals surface area (Å²) in [6.45, 7) is 4.40. The number of aromatic amines is 1. The highest BCUT2D eigenvalue weighted by Gasteiger charge is 2.30. The van der Waals surface area contributed by atoms with E-state index in [2.05, 4.69) is 20.3 Å². The first-order chi connectivity index (χ1) is 13.5. The number of hydrogen-bond donors (Lipinski definition) is 3. The molecule has 1 aliphatic heterocycles. The Kier molecular flexibility index (Phi) is 4.60. The van der Waals surface area contributed by atoms with Crippen molar-refractivity contribution in [3.63, 3.8) is 0 Å². The van der Waals surface area contributed by atoms with Gasteiger partial charge in [-0.2, -0.15) is 4.39 Å². The van der Waals surface area contributed by atoms with Gasteiger partial charge in [-0.3, -0.25) is 0 Å². The summed E-state index contributed by atoms with van der Waals surface area (Å²) < 4.78 is 20.2. The number of dihydropyridines is 1. The Morgan fingerprint density at radius 2 is 2.11 bits per heavy atom. The summed E-state index contributed by atoms with van der Waals surface area (Å²) in [6.07, 6.45) is 9.17. The van der Waals surface area contributed by atoms with Crippen LogP contribution < -0.4 is 15.8 Å². The Balaban J connectivity index is 1.56. The molecule has 0 spiro atoms. The number of aryl methyl sites for hydroxylation is 1. The normalized spacial score (nSPS) is 19.1. The van der Waals surface area contributed by atoms with Gasteiger partial charge in [-0.1, -0.05) is 6.08 Å². The molecule has 7 heteroatoms. The van der Waals surface area contributed by atoms with E-state index in [0.717, 1.165) is 22.2 Å². The molecule has 0 saturated carbocycles. The van der Waals surface area contributed by atoms with Crippen LogP contribution in [0, 0.1) is 6.92 Å². The number of nitrogens with one attached hydrogen (secondary N) is 2. The van der Waals surface area contributed by atoms with Crippen molar-refractivity contribution in [2.24, 2.45) is 5.73 Å². The third-order valence-corrected chi connectivity index (χ3v) is 4.79. The smallest absolute Gasteiger partial charge is 0.213 e. The Labute approximate surface area is 162 Å². The van der Waals surface area contributed by atoms with Crippen molar-refractivity contribution >= 4 is 11.0 Å². The first-order valence-corrected chi connectivity index (χ1v) is 9.15. The number of hydrogen-bond acceptors (Lipinski definition) is 5. The molecular weight excluding hydrogens is 357 g/mol. The molecule has 0 fully saturated rings. The molecule has 3 aromatic rings. The second-order valence-corrected chi connectivity index (χ2v) is 6.88. The Hall–Kier alpha value is -3.19. The highest BCUT2D eigenvalue weighted by molar-refractivity contribution is 5.80. The van der Waals surface area contributed by atoms with E-state index < -0.39 is 11.6 Å². The van der Waals surface area contributed by atoms with Gasteiger partial charge in [-0.15, -0.1) is 0 Å². The minimum absolute atomic E-state index is 0.429. The molecule has 0 radical (unpaired) electrons. The van der Waals surface area contributed by atoms with Crippen LogP contribution in [0.15, 0.2) is 60.5 Å². The molecule has 0 saturated heterocycles. The molecule has 4 N–H and O–H groups in total. The number of pyridine rings is 2. The number of allylic oxidation sites excluding steroid dienone is 2. The summed E-state index contributed by atoms with van der Waals surface area (Å²) in [5.74, 6) is 0.0587. The summed E-state index contributed by atoms with van der Waals surface area (Å²) in [5, 5.41) is 3.77. The number of nitrogens with two attached hydrogens (primary N) is 1. The van der Waals surface area contributed by atoms with Crippen molar-refractivity contribution in [1.29, 1.82) is 0 Å². The fraction of sp³-hybridized carbons (Fsp3) is 0.238. The molecule has 0 amide bonds. The third-order valence-electron chi connectivity index (χ3n) is 4.79. The summed E-state index contributed by atoms with van der Waals surface area (Å²) >= 11 is 0. The SMILES string of the molecule is CCOc1ccc(C2(N)C=CC(Cc3c[nH]c4ncc(C)cc34)=C(F)N2)cn1. The molecule has 28 heavy (non-hydrogen) atoms. The van der Waals surface area contributed by atoms with Crippen LogP contribution in [0.25, 0.3) is 11.0 Å². The maximum Gasteiger partial charge on any atom is 0.213 e. The topological polar surface area (TPSA) is 88.8 Å². The first kappa shape index (κ1) is 18.2. The lowest BCUT2D eigenvalue weighted by Gasteiger charge is -2.31. The number of halogens is 1. The second-order valence-electron chi connectivity index (χ2n) is 6.88. The van der Waals surface area contributed by atoms with Crippen LogP contribution >= 0.6 is 0 Å². The molecule has 1 aliphatic rings. The van der Waals surface area contributed by atoms with Crippen LogP contribution in [0.2, 0.25) is 0 Å². The number of H-pyrrole nitrogens is 1. The van der Waals surface area contributed by atoms with E-state index >= 15 is 0 Å². The maximum absolute atomic E-state index is 14.9. The fourth-order valence-corrected chi connectivity index (χ4v) is 3.29. The van der Waals surface area contributed by atoms with Crippen LogP contribution in [-0.2, 0) is 12.1 Å². The van der Waals surface area contributed by atoms with Crippen molar-refractivity contribution in [2.45, 2.75) is 25.9 Å². The molecule has 0 bridgehead atoms. The molecule has 0 aliphatic carbocycles. The quantitative estimate of drug-likeness (QED) is 0.592. The minimum Gasteiger partial charge on any atom is -0.478 e. The van der Waals surface area contributed by atoms with Gasteiger partial charge in [0.2, 0.25) is 5.88 Å². The number of rotatable bonds is 5. The molecule has 4 heterocycles. The van der Waals surface area contributed by atoms with Gasteiger partial charge < -0.3 is 20.8 Å². The standard InChI is InChI=1S/C21H22FN5O/c1-3-28-18-5-4-16(12-24-18)21(23)7-6-14(19(22)27-21)9-15-11-26-20-17(15)8-13(2)10-25-20/h4-8,10-12,27H,3,9,23H2,1-2H3,(H,25,26). The van der Waals surface area contributed by atoms with Crippen LogP contribution in [0.5, 0.6) is 5.88 Å². The summed E-state index contributed by atoms with van der Waals surface area (Å²) in [5.41, 5.74) is 9.22. The Bertz CT molecular complexity index is 1070. The molecule has 0 aromatic carbocycles. The second kappa shape index (κ2) is 7.09. The summed E-state index contributed by atoms with van der Waals surface area (Å²) in [4.78, 5) is 11.7. The first-order valence-electron chi connectivity index (χ1n) is 9.15. The van der Waals surface area contributed by atoms with Crippen LogP contribution in [-0.4, -0.2) is 21.6 Å². The zero-order chi connectivity index (χ0) is 19.7. The zero-order valence-corrected chi connectivity index (χ0v) is 15.8. The van der Waals surface area contributed by atoms with Gasteiger partial charge in [-0.25, -0.2) is 9.97 Å². The predicted octanol–water partition coefficient (Wildman–Crippen LogP) is 3.36. The number of aromatic nitrogens is 3. The highest BCUT2D eigenvalue weighted by Crippen LogP contribution is 2.29. The van der Waals surface area contributed by atoms with Crippen LogP contribution in [0.4, 0.5) is 4.39 Å². The monoisotopic (exact) mass is 379 g/mol. The van der Waals surface area contributed by atoms with Gasteiger partial charge in [0.15, 0.2) is 5.95 Å². The Morgan fingerprint density at radius 3 is 2.82 bits per heavy atom. The molecule has 6 nitrogen and oxygen atoms in total. The number of ether oxygens (including phenoxy) is 1. The lowest BCUT2D eigenvalue weighted by atomic mass is 9.95. The lowest BCUT2D eigenvalue weighted by molar-refractivity contribution is 0.325. The van der Waals surface area contributed by atoms with Gasteiger partial charge in [-0.05, 0) is 43.2 Å². The Morgan fingerprint density at radius 1 is 1.25 bits per heavy atom. The van der Waals surface area contributed by atoms with E-state index in [1.807, 2.05) is 26.1 Å². The molecule has 3 aromatic heterocycles. The van der Waals surface area contributed by atoms with Gasteiger partial charge in [0.05, 0.1) is 6.61 Å². The third kappa shape index (κ3) is 3.36. The van der Waals surface area contributed by atoms with E-state index in [1.165, 1.54) is 0 Å². The maximum atomic E-state index is 14.9. The van der Waals surface area contributed by atoms with Gasteiger partial charge in [0.1, 0.15) is 11.3 Å². The van der Waals surface area contributed by atoms with E-state index in [1.54, 1.807) is 36.7 Å². The van der Waals surface area contributed by atoms with Crippen LogP contribution in [0.1, 0.15) is 23.6 Å². The van der Waals surface area contributed by atoms with E-state index in [9.17, 15) is 4.39 Å². The molecule has 4 rings (SSSR count). The van der Waals surface area contributed by atoms with E-state index in [-0.39, 0.29) is 0 Å². The van der Waals surface area contributed by atoms with Crippen LogP contribution in [0.3, 0.4) is 0 Å². The van der Waals surface area contributed by atoms with Gasteiger partial charge >= 0.3 is 0 Å². The van der Waals surface area contributed by atoms with E-state index in [0.29, 0.717) is 30.0 Å². The fourth-order valence-electron chi connectivity index (χ4n) is 3.29. The summed E-state index contributed by atoms with van der Waals surface area (Å²) in [6, 6.07) is 5.55. The van der Waals surface area contributed by atoms with Crippen molar-refractivity contribution in [3.8, 4) is 5.88 Å². The van der Waals surface area contributed by atoms with Gasteiger partial charge in [0.25, 0.3) is 0 Å². The molecule has 1 unspecified atom stereocenters. The van der Waals surface area contributed by atoms with E-state index in [4.69, 9.17) is 10.5 Å². The van der Waals surface area contributed by atoms with Crippen molar-refractivity contribution in [1.82, 2.24) is 20.3 Å². The number of fused-ring (bicyclic) bond motifs is 1. The minimum atomic E-state index is -1.16. The van der Waals surface area contributed by atoms with Gasteiger partial charge in [0, 0.05) is 47.6 Å². The average molecular weight is 379 g/mol. The number of nitrogens with zero attached hydrogens (tertiary/aromatic N) is 2. The average Bonchev–Trinajstić information content (AvgIpc) is 3.07.